The molecule has 0 aromatic heterocycles. The van der Waals surface area contributed by atoms with Crippen LogP contribution in [0.2, 0.25) is 18.1 Å². The van der Waals surface area contributed by atoms with Crippen molar-refractivity contribution in [3.05, 3.63) is 41.5 Å². The molecule has 3 heteroatoms. The highest BCUT2D eigenvalue weighted by atomic mass is 28.4. The van der Waals surface area contributed by atoms with Crippen molar-refractivity contribution < 1.29 is 9.16 Å². The standard InChI is InChI=1S/C23H36O2Si/c1-16-18-13-12-17-19(10-9-11-21(17)24-6)23(18,5)15-14-20(16)25-26(7,8)22(2,3)4/h9-11,18,20H,1,12-15H2,2-8H3/t18-,20+,23-/m0/s1. The molecule has 1 saturated carbocycles. The van der Waals surface area contributed by atoms with Crippen molar-refractivity contribution in [2.75, 3.05) is 7.11 Å². The molecule has 0 saturated heterocycles. The molecule has 0 N–H and O–H groups in total. The van der Waals surface area contributed by atoms with E-state index in [2.05, 4.69) is 65.6 Å². The van der Waals surface area contributed by atoms with E-state index in [1.165, 1.54) is 16.7 Å². The summed E-state index contributed by atoms with van der Waals surface area (Å²) >= 11 is 0. The third-order valence-corrected chi connectivity index (χ3v) is 11.9. The molecular weight excluding hydrogens is 336 g/mol. The van der Waals surface area contributed by atoms with Crippen molar-refractivity contribution in [3.8, 4) is 5.75 Å². The van der Waals surface area contributed by atoms with E-state index in [4.69, 9.17) is 9.16 Å². The van der Waals surface area contributed by atoms with E-state index in [9.17, 15) is 0 Å². The van der Waals surface area contributed by atoms with Gasteiger partial charge in [-0.1, -0.05) is 46.4 Å². The van der Waals surface area contributed by atoms with Crippen LogP contribution in [0.4, 0.5) is 0 Å². The molecule has 3 rings (SSSR count). The van der Waals surface area contributed by atoms with Gasteiger partial charge in [0.2, 0.25) is 0 Å². The Balaban J connectivity index is 1.89. The fraction of sp³-hybridized carbons (Fsp3) is 0.652. The Labute approximate surface area is 161 Å². The maximum absolute atomic E-state index is 6.80. The Morgan fingerprint density at radius 1 is 1.19 bits per heavy atom. The lowest BCUT2D eigenvalue weighted by atomic mass is 9.56. The minimum Gasteiger partial charge on any atom is -0.496 e. The Morgan fingerprint density at radius 3 is 2.50 bits per heavy atom. The first-order chi connectivity index (χ1) is 12.0. The Bertz CT molecular complexity index is 701. The van der Waals surface area contributed by atoms with Crippen LogP contribution in [0.5, 0.6) is 5.75 Å². The quantitative estimate of drug-likeness (QED) is 0.461. The monoisotopic (exact) mass is 372 g/mol. The highest BCUT2D eigenvalue weighted by Gasteiger charge is 2.49. The minimum absolute atomic E-state index is 0.159. The summed E-state index contributed by atoms with van der Waals surface area (Å²) in [6, 6.07) is 6.56. The molecule has 1 fully saturated rings. The van der Waals surface area contributed by atoms with Crippen LogP contribution in [-0.2, 0) is 16.3 Å². The van der Waals surface area contributed by atoms with Gasteiger partial charge in [-0.05, 0) is 77.9 Å². The first-order valence-corrected chi connectivity index (χ1v) is 12.9. The molecule has 2 aliphatic carbocycles. The van der Waals surface area contributed by atoms with E-state index in [1.54, 1.807) is 7.11 Å². The molecule has 0 heterocycles. The summed E-state index contributed by atoms with van der Waals surface area (Å²) in [7, 11) is 0.00240. The zero-order valence-corrected chi connectivity index (χ0v) is 18.7. The molecule has 0 radical (unpaired) electrons. The molecule has 0 unspecified atom stereocenters. The fourth-order valence-corrected chi connectivity index (χ4v) is 6.09. The number of fused-ring (bicyclic) bond motifs is 3. The van der Waals surface area contributed by atoms with E-state index >= 15 is 0 Å². The maximum atomic E-state index is 6.80. The molecular formula is C23H36O2Si. The molecule has 3 atom stereocenters. The van der Waals surface area contributed by atoms with Crippen LogP contribution in [-0.4, -0.2) is 21.5 Å². The van der Waals surface area contributed by atoms with Crippen LogP contribution in [0.25, 0.3) is 0 Å². The maximum Gasteiger partial charge on any atom is 0.192 e. The SMILES string of the molecule is C=C1[C@H](O[Si](C)(C)C(C)(C)C)CC[C@]2(C)c3cccc(OC)c3CC[C@@H]12. The molecule has 1 aromatic rings. The lowest BCUT2D eigenvalue weighted by Gasteiger charge is -2.52. The second kappa shape index (κ2) is 6.52. The van der Waals surface area contributed by atoms with E-state index in [0.717, 1.165) is 31.4 Å². The number of ether oxygens (including phenoxy) is 1. The van der Waals surface area contributed by atoms with Crippen molar-refractivity contribution in [3.63, 3.8) is 0 Å². The van der Waals surface area contributed by atoms with Gasteiger partial charge < -0.3 is 9.16 Å². The molecule has 2 nitrogen and oxygen atoms in total. The minimum atomic E-state index is -1.78. The van der Waals surface area contributed by atoms with Gasteiger partial charge in [-0.3, -0.25) is 0 Å². The van der Waals surface area contributed by atoms with Crippen LogP contribution in [0.1, 0.15) is 58.1 Å². The second-order valence-corrected chi connectivity index (χ2v) is 14.7. The number of hydrogen-bond donors (Lipinski definition) is 0. The second-order valence-electron chi connectivity index (χ2n) is 9.98. The summed E-state index contributed by atoms with van der Waals surface area (Å²) in [4.78, 5) is 0. The number of hydrogen-bond acceptors (Lipinski definition) is 2. The predicted molar refractivity (Wildman–Crippen MR) is 113 cm³/mol. The number of rotatable bonds is 3. The zero-order valence-electron chi connectivity index (χ0n) is 17.7. The van der Waals surface area contributed by atoms with Gasteiger partial charge >= 0.3 is 0 Å². The normalized spacial score (nSPS) is 29.1. The van der Waals surface area contributed by atoms with E-state index in [0.29, 0.717) is 5.92 Å². The van der Waals surface area contributed by atoms with Crippen LogP contribution >= 0.6 is 0 Å². The van der Waals surface area contributed by atoms with Gasteiger partial charge in [-0.25, -0.2) is 0 Å². The fourth-order valence-electron chi connectivity index (χ4n) is 4.76. The first kappa shape index (κ1) is 19.7. The van der Waals surface area contributed by atoms with Gasteiger partial charge in [-0.2, -0.15) is 0 Å². The van der Waals surface area contributed by atoms with E-state index in [1.807, 2.05) is 0 Å². The van der Waals surface area contributed by atoms with E-state index in [-0.39, 0.29) is 16.6 Å². The van der Waals surface area contributed by atoms with Gasteiger partial charge in [0, 0.05) is 0 Å². The lowest BCUT2D eigenvalue weighted by molar-refractivity contribution is 0.114. The van der Waals surface area contributed by atoms with Crippen LogP contribution in [0.3, 0.4) is 0 Å². The van der Waals surface area contributed by atoms with Crippen molar-refractivity contribution in [2.24, 2.45) is 5.92 Å². The molecule has 26 heavy (non-hydrogen) atoms. The first-order valence-electron chi connectivity index (χ1n) is 10.0. The molecule has 0 aliphatic heterocycles. The molecule has 0 bridgehead atoms. The number of methoxy groups -OCH3 is 1. The van der Waals surface area contributed by atoms with Gasteiger partial charge in [0.1, 0.15) is 5.75 Å². The Morgan fingerprint density at radius 2 is 1.88 bits per heavy atom. The third kappa shape index (κ3) is 3.07. The van der Waals surface area contributed by atoms with Gasteiger partial charge in [0.05, 0.1) is 13.2 Å². The average Bonchev–Trinajstić information content (AvgIpc) is 2.56. The summed E-state index contributed by atoms with van der Waals surface area (Å²) in [5.41, 5.74) is 4.37. The molecule has 0 spiro atoms. The smallest absolute Gasteiger partial charge is 0.192 e. The Hall–Kier alpha value is -1.06. The van der Waals surface area contributed by atoms with Crippen LogP contribution < -0.4 is 4.74 Å². The highest BCUT2D eigenvalue weighted by Crippen LogP contribution is 2.54. The summed E-state index contributed by atoms with van der Waals surface area (Å²) < 4.78 is 12.4. The van der Waals surface area contributed by atoms with Crippen molar-refractivity contribution in [1.29, 1.82) is 0 Å². The van der Waals surface area contributed by atoms with Crippen LogP contribution in [0.15, 0.2) is 30.4 Å². The summed E-state index contributed by atoms with van der Waals surface area (Å²) in [5, 5.41) is 0.237. The topological polar surface area (TPSA) is 18.5 Å². The molecule has 1 aromatic carbocycles. The van der Waals surface area contributed by atoms with Gasteiger partial charge in [0.25, 0.3) is 0 Å². The molecule has 2 aliphatic rings. The van der Waals surface area contributed by atoms with Gasteiger partial charge in [-0.15, -0.1) is 0 Å². The van der Waals surface area contributed by atoms with Crippen LogP contribution in [0, 0.1) is 5.92 Å². The lowest BCUT2D eigenvalue weighted by Crippen LogP contribution is -2.50. The molecule has 144 valence electrons. The predicted octanol–water partition coefficient (Wildman–Crippen LogP) is 6.26. The van der Waals surface area contributed by atoms with Crippen molar-refractivity contribution in [1.82, 2.24) is 0 Å². The number of benzene rings is 1. The van der Waals surface area contributed by atoms with Crippen molar-refractivity contribution in [2.45, 2.75) is 83.0 Å². The average molecular weight is 373 g/mol. The summed E-state index contributed by atoms with van der Waals surface area (Å²) in [5.74, 6) is 1.55. The van der Waals surface area contributed by atoms with Gasteiger partial charge in [0.15, 0.2) is 8.32 Å². The van der Waals surface area contributed by atoms with E-state index < -0.39 is 8.32 Å². The molecule has 0 amide bonds. The largest absolute Gasteiger partial charge is 0.496 e. The summed E-state index contributed by atoms with van der Waals surface area (Å²) in [6.45, 7) is 18.7. The highest BCUT2D eigenvalue weighted by molar-refractivity contribution is 6.74. The summed E-state index contributed by atoms with van der Waals surface area (Å²) in [6.07, 6.45) is 4.69. The zero-order chi connectivity index (χ0) is 19.3. The van der Waals surface area contributed by atoms with Crippen molar-refractivity contribution >= 4 is 8.32 Å². The Kier molecular flexibility index (Phi) is 4.94. The third-order valence-electron chi connectivity index (χ3n) is 7.45.